The highest BCUT2D eigenvalue weighted by Crippen LogP contribution is 2.33. The summed E-state index contributed by atoms with van der Waals surface area (Å²) in [7, 11) is 0. The molecule has 0 bridgehead atoms. The maximum atomic E-state index is 12.9. The number of ether oxygens (including phenoxy) is 2. The molecule has 1 aromatic carbocycles. The fraction of sp³-hybridized carbons (Fsp3) is 0.500. The number of fused-ring (bicyclic) bond motifs is 1. The largest absolute Gasteiger partial charge is 0.454 e. The first-order valence-corrected chi connectivity index (χ1v) is 8.64. The maximum Gasteiger partial charge on any atom is 0.254 e. The first kappa shape index (κ1) is 15.9. The molecule has 2 aliphatic rings. The van der Waals surface area contributed by atoms with Crippen molar-refractivity contribution in [3.05, 3.63) is 35.5 Å². The van der Waals surface area contributed by atoms with Crippen molar-refractivity contribution in [2.24, 2.45) is 0 Å². The van der Waals surface area contributed by atoms with Crippen LogP contribution in [0.1, 0.15) is 60.6 Å². The first-order chi connectivity index (χ1) is 12.1. The summed E-state index contributed by atoms with van der Waals surface area (Å²) in [5.41, 5.74) is 0.612. The third-order valence-corrected chi connectivity index (χ3v) is 4.64. The van der Waals surface area contributed by atoms with Gasteiger partial charge in [0.05, 0.1) is 0 Å². The van der Waals surface area contributed by atoms with Crippen LogP contribution in [0, 0.1) is 0 Å². The lowest BCUT2D eigenvalue weighted by Crippen LogP contribution is -2.39. The van der Waals surface area contributed by atoms with E-state index in [1.165, 1.54) is 0 Å². The summed E-state index contributed by atoms with van der Waals surface area (Å²) in [6.07, 6.45) is 1.88. The molecule has 0 spiro atoms. The van der Waals surface area contributed by atoms with Crippen molar-refractivity contribution in [3.8, 4) is 11.5 Å². The monoisotopic (exact) mass is 343 g/mol. The maximum absolute atomic E-state index is 12.9. The molecule has 0 saturated carbocycles. The Balaban J connectivity index is 1.49. The van der Waals surface area contributed by atoms with Crippen molar-refractivity contribution in [3.63, 3.8) is 0 Å². The van der Waals surface area contributed by atoms with Gasteiger partial charge in [-0.05, 0) is 31.0 Å². The van der Waals surface area contributed by atoms with E-state index in [2.05, 4.69) is 10.1 Å². The predicted molar refractivity (Wildman–Crippen MR) is 88.8 cm³/mol. The molecule has 0 aliphatic carbocycles. The standard InChI is InChI=1S/C18H21N3O4/c1-11(2)17-19-16(20-25-17)13-4-3-7-21(9-13)18(22)12-5-6-14-15(8-12)24-10-23-14/h5-6,8,11,13H,3-4,7,9-10H2,1-2H3/t13-/m1/s1. The van der Waals surface area contributed by atoms with E-state index in [0.717, 1.165) is 19.4 Å². The quantitative estimate of drug-likeness (QED) is 0.853. The fourth-order valence-corrected chi connectivity index (χ4v) is 3.23. The molecule has 2 aliphatic heterocycles. The lowest BCUT2D eigenvalue weighted by Gasteiger charge is -2.31. The molecule has 4 rings (SSSR count). The number of rotatable bonds is 3. The van der Waals surface area contributed by atoms with Gasteiger partial charge in [-0.2, -0.15) is 4.98 Å². The van der Waals surface area contributed by atoms with Gasteiger partial charge in [-0.15, -0.1) is 0 Å². The Hall–Kier alpha value is -2.57. The Bertz CT molecular complexity index is 786. The molecular formula is C18H21N3O4. The van der Waals surface area contributed by atoms with Gasteiger partial charge in [0.15, 0.2) is 17.3 Å². The van der Waals surface area contributed by atoms with Crippen molar-refractivity contribution >= 4 is 5.91 Å². The van der Waals surface area contributed by atoms with Crippen molar-refractivity contribution in [2.75, 3.05) is 19.9 Å². The van der Waals surface area contributed by atoms with Crippen LogP contribution in [0.15, 0.2) is 22.7 Å². The third-order valence-electron chi connectivity index (χ3n) is 4.64. The molecule has 1 aromatic heterocycles. The minimum Gasteiger partial charge on any atom is -0.454 e. The number of hydrogen-bond acceptors (Lipinski definition) is 6. The number of amides is 1. The van der Waals surface area contributed by atoms with Crippen LogP contribution in [0.25, 0.3) is 0 Å². The van der Waals surface area contributed by atoms with E-state index in [-0.39, 0.29) is 24.5 Å². The third kappa shape index (κ3) is 3.06. The van der Waals surface area contributed by atoms with E-state index in [1.54, 1.807) is 18.2 Å². The second-order valence-electron chi connectivity index (χ2n) is 6.80. The minimum atomic E-state index is -0.00409. The Kier molecular flexibility index (Phi) is 4.07. The van der Waals surface area contributed by atoms with E-state index in [9.17, 15) is 4.79 Å². The van der Waals surface area contributed by atoms with Crippen LogP contribution < -0.4 is 9.47 Å². The van der Waals surface area contributed by atoms with Crippen LogP contribution in [0.4, 0.5) is 0 Å². The number of hydrogen-bond donors (Lipinski definition) is 0. The summed E-state index contributed by atoms with van der Waals surface area (Å²) >= 11 is 0. The molecule has 1 fully saturated rings. The van der Waals surface area contributed by atoms with Gasteiger partial charge in [0.25, 0.3) is 5.91 Å². The predicted octanol–water partition coefficient (Wildman–Crippen LogP) is 2.94. The topological polar surface area (TPSA) is 77.7 Å². The van der Waals surface area contributed by atoms with Crippen LogP contribution in [-0.2, 0) is 0 Å². The number of likely N-dealkylation sites (tertiary alicyclic amines) is 1. The first-order valence-electron chi connectivity index (χ1n) is 8.64. The molecule has 2 aromatic rings. The Labute approximate surface area is 145 Å². The van der Waals surface area contributed by atoms with E-state index >= 15 is 0 Å². The smallest absolute Gasteiger partial charge is 0.254 e. The van der Waals surface area contributed by atoms with E-state index in [0.29, 0.717) is 35.3 Å². The lowest BCUT2D eigenvalue weighted by atomic mass is 9.96. The van der Waals surface area contributed by atoms with Crippen LogP contribution in [-0.4, -0.2) is 40.8 Å². The fourth-order valence-electron chi connectivity index (χ4n) is 3.23. The normalized spacial score (nSPS) is 19.5. The van der Waals surface area contributed by atoms with Crippen molar-refractivity contribution in [1.29, 1.82) is 0 Å². The number of piperidine rings is 1. The van der Waals surface area contributed by atoms with Gasteiger partial charge in [0.2, 0.25) is 12.7 Å². The number of carbonyl (C=O) groups is 1. The highest BCUT2D eigenvalue weighted by molar-refractivity contribution is 5.95. The second-order valence-corrected chi connectivity index (χ2v) is 6.80. The van der Waals surface area contributed by atoms with Gasteiger partial charge in [0, 0.05) is 30.5 Å². The number of benzene rings is 1. The van der Waals surface area contributed by atoms with Crippen LogP contribution in [0.5, 0.6) is 11.5 Å². The number of aromatic nitrogens is 2. The molecule has 0 N–H and O–H groups in total. The summed E-state index contributed by atoms with van der Waals surface area (Å²) < 4.78 is 16.0. The van der Waals surface area contributed by atoms with E-state index in [4.69, 9.17) is 14.0 Å². The van der Waals surface area contributed by atoms with Crippen molar-refractivity contribution in [1.82, 2.24) is 15.0 Å². The SMILES string of the molecule is CC(C)c1nc([C@@H]2CCCN(C(=O)c3ccc4c(c3)OCO4)C2)no1. The van der Waals surface area contributed by atoms with Crippen molar-refractivity contribution in [2.45, 2.75) is 38.5 Å². The molecule has 0 unspecified atom stereocenters. The van der Waals surface area contributed by atoms with Crippen molar-refractivity contribution < 1.29 is 18.8 Å². The minimum absolute atomic E-state index is 0.00409. The summed E-state index contributed by atoms with van der Waals surface area (Å²) in [6.45, 7) is 5.58. The molecular weight excluding hydrogens is 322 g/mol. The zero-order valence-electron chi connectivity index (χ0n) is 14.4. The van der Waals surface area contributed by atoms with E-state index < -0.39 is 0 Å². The van der Waals surface area contributed by atoms with Gasteiger partial charge >= 0.3 is 0 Å². The van der Waals surface area contributed by atoms with Gasteiger partial charge < -0.3 is 18.9 Å². The lowest BCUT2D eigenvalue weighted by molar-refractivity contribution is 0.0703. The molecule has 7 heteroatoms. The average molecular weight is 343 g/mol. The Morgan fingerprint density at radius 1 is 1.28 bits per heavy atom. The molecule has 1 atom stereocenters. The van der Waals surface area contributed by atoms with Gasteiger partial charge in [-0.3, -0.25) is 4.79 Å². The zero-order valence-corrected chi connectivity index (χ0v) is 14.4. The molecule has 1 amide bonds. The highest BCUT2D eigenvalue weighted by atomic mass is 16.7. The molecule has 7 nitrogen and oxygen atoms in total. The number of carbonyl (C=O) groups excluding carboxylic acids is 1. The molecule has 0 radical (unpaired) electrons. The van der Waals surface area contributed by atoms with Crippen LogP contribution in [0.2, 0.25) is 0 Å². The summed E-state index contributed by atoms with van der Waals surface area (Å²) in [5, 5.41) is 4.11. The Morgan fingerprint density at radius 2 is 2.12 bits per heavy atom. The summed E-state index contributed by atoms with van der Waals surface area (Å²) in [5.74, 6) is 2.97. The van der Waals surface area contributed by atoms with Gasteiger partial charge in [0.1, 0.15) is 0 Å². The molecule has 1 saturated heterocycles. The summed E-state index contributed by atoms with van der Waals surface area (Å²) in [6, 6.07) is 5.31. The molecule has 25 heavy (non-hydrogen) atoms. The average Bonchev–Trinajstić information content (AvgIpc) is 3.30. The van der Waals surface area contributed by atoms with Crippen LogP contribution in [0.3, 0.4) is 0 Å². The second kappa shape index (κ2) is 6.38. The number of nitrogens with zero attached hydrogens (tertiary/aromatic N) is 3. The van der Waals surface area contributed by atoms with Crippen LogP contribution >= 0.6 is 0 Å². The zero-order chi connectivity index (χ0) is 17.4. The molecule has 132 valence electrons. The summed E-state index contributed by atoms with van der Waals surface area (Å²) in [4.78, 5) is 19.2. The Morgan fingerprint density at radius 3 is 2.92 bits per heavy atom. The highest BCUT2D eigenvalue weighted by Gasteiger charge is 2.29. The van der Waals surface area contributed by atoms with Gasteiger partial charge in [-0.25, -0.2) is 0 Å². The van der Waals surface area contributed by atoms with E-state index in [1.807, 2.05) is 18.7 Å². The van der Waals surface area contributed by atoms with Gasteiger partial charge in [-0.1, -0.05) is 19.0 Å². The molecule has 3 heterocycles.